The average molecular weight is 407 g/mol. The summed E-state index contributed by atoms with van der Waals surface area (Å²) in [7, 11) is 1.60. The molecule has 2 aromatic carbocycles. The van der Waals surface area contributed by atoms with Crippen LogP contribution in [0.5, 0.6) is 11.5 Å². The van der Waals surface area contributed by atoms with Crippen LogP contribution >= 0.6 is 0 Å². The molecule has 1 heterocycles. The number of methoxy groups -OCH3 is 1. The fourth-order valence-corrected chi connectivity index (χ4v) is 2.90. The molecule has 0 atom stereocenters. The highest BCUT2D eigenvalue weighted by molar-refractivity contribution is 6.00. The maximum Gasteiger partial charge on any atom is 0.270 e. The fourth-order valence-electron chi connectivity index (χ4n) is 2.90. The largest absolute Gasteiger partial charge is 0.497 e. The van der Waals surface area contributed by atoms with Crippen LogP contribution in [-0.2, 0) is 11.3 Å². The lowest BCUT2D eigenvalue weighted by Crippen LogP contribution is -2.28. The number of nitrogens with one attached hydrogen (secondary N) is 2. The van der Waals surface area contributed by atoms with E-state index in [1.54, 1.807) is 36.1 Å². The monoisotopic (exact) mass is 407 g/mol. The quantitative estimate of drug-likeness (QED) is 0.601. The molecule has 2 amide bonds. The summed E-state index contributed by atoms with van der Waals surface area (Å²) in [6.45, 7) is 4.11. The van der Waals surface area contributed by atoms with Crippen molar-refractivity contribution in [3.8, 4) is 11.5 Å². The number of aryl methyl sites for hydroxylation is 2. The third kappa shape index (κ3) is 5.41. The van der Waals surface area contributed by atoms with Gasteiger partial charge in [-0.05, 0) is 67.9 Å². The molecular formula is C23H25N3O4. The first kappa shape index (κ1) is 21.0. The zero-order valence-corrected chi connectivity index (χ0v) is 17.3. The van der Waals surface area contributed by atoms with Crippen molar-refractivity contribution < 1.29 is 19.1 Å². The van der Waals surface area contributed by atoms with Crippen molar-refractivity contribution in [2.24, 2.45) is 0 Å². The van der Waals surface area contributed by atoms with Crippen LogP contribution in [0.4, 0.5) is 0 Å². The van der Waals surface area contributed by atoms with E-state index < -0.39 is 0 Å². The molecule has 3 aromatic rings. The molecular weight excluding hydrogens is 382 g/mol. The predicted molar refractivity (Wildman–Crippen MR) is 114 cm³/mol. The minimum Gasteiger partial charge on any atom is -0.497 e. The lowest BCUT2D eigenvalue weighted by atomic mass is 10.2. The van der Waals surface area contributed by atoms with E-state index in [9.17, 15) is 9.59 Å². The Morgan fingerprint density at radius 2 is 1.63 bits per heavy atom. The lowest BCUT2D eigenvalue weighted by Gasteiger charge is -2.12. The van der Waals surface area contributed by atoms with Gasteiger partial charge in [-0.2, -0.15) is 0 Å². The molecule has 0 radical (unpaired) electrons. The average Bonchev–Trinajstić information content (AvgIpc) is 3.08. The van der Waals surface area contributed by atoms with E-state index in [4.69, 9.17) is 9.47 Å². The molecule has 2 N–H and O–H groups in total. The molecule has 3 rings (SSSR count). The Bertz CT molecular complexity index is 1010. The molecule has 0 bridgehead atoms. The minimum absolute atomic E-state index is 0.114. The second-order valence-corrected chi connectivity index (χ2v) is 6.83. The highest BCUT2D eigenvalue weighted by Gasteiger charge is 2.09. The van der Waals surface area contributed by atoms with Gasteiger partial charge in [-0.3, -0.25) is 19.7 Å². The first-order valence-corrected chi connectivity index (χ1v) is 9.55. The Hall–Kier alpha value is -3.74. The van der Waals surface area contributed by atoms with E-state index in [-0.39, 0.29) is 18.4 Å². The summed E-state index contributed by atoms with van der Waals surface area (Å²) in [5, 5.41) is 2.80. The van der Waals surface area contributed by atoms with Gasteiger partial charge in [0.2, 0.25) is 0 Å². The Balaban J connectivity index is 1.48. The molecule has 0 unspecified atom stereocenters. The van der Waals surface area contributed by atoms with Gasteiger partial charge in [0.05, 0.1) is 7.11 Å². The normalized spacial score (nSPS) is 10.4. The minimum atomic E-state index is -0.238. The number of hydrogen-bond donors (Lipinski definition) is 2. The molecule has 0 fully saturated rings. The van der Waals surface area contributed by atoms with Crippen molar-refractivity contribution in [1.82, 2.24) is 9.99 Å². The summed E-state index contributed by atoms with van der Waals surface area (Å²) in [6, 6.07) is 18.0. The van der Waals surface area contributed by atoms with E-state index >= 15 is 0 Å². The lowest BCUT2D eigenvalue weighted by molar-refractivity contribution is -0.123. The van der Waals surface area contributed by atoms with Crippen molar-refractivity contribution in [2.75, 3.05) is 19.1 Å². The smallest absolute Gasteiger partial charge is 0.270 e. The van der Waals surface area contributed by atoms with Crippen molar-refractivity contribution in [3.05, 3.63) is 83.2 Å². The summed E-state index contributed by atoms with van der Waals surface area (Å²) >= 11 is 0. The third-order valence-corrected chi connectivity index (χ3v) is 4.59. The van der Waals surface area contributed by atoms with Gasteiger partial charge in [0.1, 0.15) is 11.5 Å². The van der Waals surface area contributed by atoms with Gasteiger partial charge in [-0.1, -0.05) is 12.1 Å². The van der Waals surface area contributed by atoms with E-state index in [0.717, 1.165) is 22.7 Å². The standard InChI is InChI=1S/C23H25N3O4/c1-16-7-8-17(2)26(16)25-23(28)19-9-11-20(12-10-19)30-15-22(27)24-14-18-5-4-6-21(13-18)29-3/h4-13H,14-15H2,1-3H3,(H,24,27)(H,25,28). The molecule has 0 saturated heterocycles. The number of carbonyl (C=O) groups excluding carboxylic acids is 2. The Kier molecular flexibility index (Phi) is 6.75. The van der Waals surface area contributed by atoms with Crippen molar-refractivity contribution in [3.63, 3.8) is 0 Å². The molecule has 7 nitrogen and oxygen atoms in total. The first-order valence-electron chi connectivity index (χ1n) is 9.55. The highest BCUT2D eigenvalue weighted by atomic mass is 16.5. The van der Waals surface area contributed by atoms with E-state index in [1.807, 2.05) is 50.2 Å². The topological polar surface area (TPSA) is 81.6 Å². The van der Waals surface area contributed by atoms with Crippen LogP contribution in [-0.4, -0.2) is 30.2 Å². The number of amides is 2. The second kappa shape index (κ2) is 9.65. The molecule has 0 spiro atoms. The zero-order chi connectivity index (χ0) is 21.5. The number of ether oxygens (including phenoxy) is 2. The van der Waals surface area contributed by atoms with Gasteiger partial charge < -0.3 is 14.8 Å². The number of carbonyl (C=O) groups is 2. The van der Waals surface area contributed by atoms with Gasteiger partial charge in [-0.15, -0.1) is 0 Å². The summed E-state index contributed by atoms with van der Waals surface area (Å²) in [5.74, 6) is 0.791. The number of aromatic nitrogens is 1. The fraction of sp³-hybridized carbons (Fsp3) is 0.217. The molecule has 0 aliphatic rings. The second-order valence-electron chi connectivity index (χ2n) is 6.83. The van der Waals surface area contributed by atoms with Crippen LogP contribution in [0.3, 0.4) is 0 Å². The van der Waals surface area contributed by atoms with Gasteiger partial charge in [0.15, 0.2) is 6.61 Å². The maximum atomic E-state index is 12.4. The first-order chi connectivity index (χ1) is 14.5. The van der Waals surface area contributed by atoms with Crippen LogP contribution < -0.4 is 20.2 Å². The third-order valence-electron chi connectivity index (χ3n) is 4.59. The van der Waals surface area contributed by atoms with Gasteiger partial charge in [-0.25, -0.2) is 0 Å². The van der Waals surface area contributed by atoms with Crippen LogP contribution in [0, 0.1) is 13.8 Å². The Labute approximate surface area is 175 Å². The molecule has 7 heteroatoms. The van der Waals surface area contributed by atoms with Crippen molar-refractivity contribution >= 4 is 11.8 Å². The summed E-state index contributed by atoms with van der Waals surface area (Å²) in [6.07, 6.45) is 0. The van der Waals surface area contributed by atoms with E-state index in [1.165, 1.54) is 0 Å². The molecule has 0 saturated carbocycles. The summed E-state index contributed by atoms with van der Waals surface area (Å²) in [5.41, 5.74) is 6.17. The molecule has 30 heavy (non-hydrogen) atoms. The highest BCUT2D eigenvalue weighted by Crippen LogP contribution is 2.14. The summed E-state index contributed by atoms with van der Waals surface area (Å²) < 4.78 is 12.4. The molecule has 0 aliphatic heterocycles. The Morgan fingerprint density at radius 3 is 2.30 bits per heavy atom. The SMILES string of the molecule is COc1cccc(CNC(=O)COc2ccc(C(=O)Nn3c(C)ccc3C)cc2)c1. The zero-order valence-electron chi connectivity index (χ0n) is 17.3. The van der Waals surface area contributed by atoms with Crippen LogP contribution in [0.2, 0.25) is 0 Å². The van der Waals surface area contributed by atoms with Crippen LogP contribution in [0.15, 0.2) is 60.7 Å². The summed E-state index contributed by atoms with van der Waals surface area (Å²) in [4.78, 5) is 24.4. The van der Waals surface area contributed by atoms with E-state index in [0.29, 0.717) is 17.9 Å². The van der Waals surface area contributed by atoms with Crippen molar-refractivity contribution in [2.45, 2.75) is 20.4 Å². The number of benzene rings is 2. The van der Waals surface area contributed by atoms with E-state index in [2.05, 4.69) is 10.7 Å². The number of hydrogen-bond acceptors (Lipinski definition) is 4. The number of nitrogens with zero attached hydrogens (tertiary/aromatic N) is 1. The van der Waals surface area contributed by atoms with Gasteiger partial charge in [0.25, 0.3) is 11.8 Å². The number of rotatable bonds is 8. The molecule has 1 aromatic heterocycles. The van der Waals surface area contributed by atoms with Crippen LogP contribution in [0.1, 0.15) is 27.3 Å². The molecule has 156 valence electrons. The van der Waals surface area contributed by atoms with Crippen LogP contribution in [0.25, 0.3) is 0 Å². The molecule has 0 aliphatic carbocycles. The Morgan fingerprint density at radius 1 is 0.933 bits per heavy atom. The van der Waals surface area contributed by atoms with Crippen molar-refractivity contribution in [1.29, 1.82) is 0 Å². The predicted octanol–water partition coefficient (Wildman–Crippen LogP) is 3.19. The van der Waals surface area contributed by atoms with Gasteiger partial charge in [0, 0.05) is 23.5 Å². The van der Waals surface area contributed by atoms with Gasteiger partial charge >= 0.3 is 0 Å². The maximum absolute atomic E-state index is 12.4.